The van der Waals surface area contributed by atoms with Crippen molar-refractivity contribution in [2.45, 2.75) is 6.92 Å². The molecule has 0 unspecified atom stereocenters. The molecule has 0 aliphatic carbocycles. The first-order valence-corrected chi connectivity index (χ1v) is 2.09. The summed E-state index contributed by atoms with van der Waals surface area (Å²) in [5.74, 6) is -0.509. The van der Waals surface area contributed by atoms with Crippen molar-refractivity contribution in [2.24, 2.45) is 5.92 Å². The summed E-state index contributed by atoms with van der Waals surface area (Å²) in [6.45, 7) is 5.12. The largest absolute Gasteiger partial charge is 0.471 e. The van der Waals surface area contributed by atoms with Gasteiger partial charge in [0, 0.05) is 19.5 Å². The Morgan fingerprint density at radius 2 is 2.12 bits per heavy atom. The molecule has 0 aliphatic heterocycles. The summed E-state index contributed by atoms with van der Waals surface area (Å²) in [5, 5.41) is 0. The average Bonchev–Trinajstić information content (AvgIpc) is 1.65. The number of hydrogen-bond donors (Lipinski definition) is 0. The van der Waals surface area contributed by atoms with Crippen molar-refractivity contribution in [1.82, 2.24) is 0 Å². The number of hydrogen-bond acceptors (Lipinski definition) is 2. The molecule has 0 rings (SSSR count). The first kappa shape index (κ1) is 11.0. The first-order valence-electron chi connectivity index (χ1n) is 2.09. The van der Waals surface area contributed by atoms with Gasteiger partial charge in [-0.05, 0) is 0 Å². The fourth-order valence-corrected chi connectivity index (χ4v) is 0.201. The Hall–Kier alpha value is 0.0934. The quantitative estimate of drug-likeness (QED) is 0.324. The van der Waals surface area contributed by atoms with E-state index in [2.05, 4.69) is 11.7 Å². The Labute approximate surface area is 62.4 Å². The van der Waals surface area contributed by atoms with Gasteiger partial charge < -0.3 is 11.7 Å². The van der Waals surface area contributed by atoms with E-state index in [1.807, 2.05) is 0 Å². The Morgan fingerprint density at radius 3 is 2.12 bits per heavy atom. The van der Waals surface area contributed by atoms with E-state index >= 15 is 0 Å². The van der Waals surface area contributed by atoms with Crippen LogP contribution in [0.25, 0.3) is 0 Å². The predicted octanol–water partition coefficient (Wildman–Crippen LogP) is 0.627. The van der Waals surface area contributed by atoms with E-state index in [1.165, 1.54) is 7.11 Å². The van der Waals surface area contributed by atoms with Gasteiger partial charge in [-0.3, -0.25) is 4.79 Å². The Kier molecular flexibility index (Phi) is 7.18. The zero-order valence-electron chi connectivity index (χ0n) is 5.31. The maximum absolute atomic E-state index is 10.2. The van der Waals surface area contributed by atoms with E-state index in [-0.39, 0.29) is 31.4 Å². The molecule has 0 saturated heterocycles. The zero-order chi connectivity index (χ0) is 5.86. The third kappa shape index (κ3) is 4.26. The minimum absolute atomic E-state index is 0. The topological polar surface area (TPSA) is 26.3 Å². The van der Waals surface area contributed by atoms with E-state index in [4.69, 9.17) is 0 Å². The normalized spacial score (nSPS) is 11.4. The van der Waals surface area contributed by atoms with Crippen LogP contribution in [0.15, 0.2) is 0 Å². The van der Waals surface area contributed by atoms with Gasteiger partial charge in [0.2, 0.25) is 0 Å². The molecular formula is C5H9O2Zn-. The molecule has 3 heteroatoms. The Bertz CT molecular complexity index is 70.8. The zero-order valence-corrected chi connectivity index (χ0v) is 8.28. The van der Waals surface area contributed by atoms with Crippen molar-refractivity contribution in [3.8, 4) is 0 Å². The predicted molar refractivity (Wildman–Crippen MR) is 26.5 cm³/mol. The van der Waals surface area contributed by atoms with E-state index in [9.17, 15) is 4.79 Å². The van der Waals surface area contributed by atoms with Crippen molar-refractivity contribution in [3.63, 3.8) is 0 Å². The monoisotopic (exact) mass is 165 g/mol. The van der Waals surface area contributed by atoms with E-state index in [1.54, 1.807) is 6.92 Å². The molecule has 0 aromatic carbocycles. The average molecular weight is 167 g/mol. The number of carbonyl (C=O) groups excluding carboxylic acids is 1. The van der Waals surface area contributed by atoms with E-state index in [0.717, 1.165) is 0 Å². The SMILES string of the molecule is [CH2-][C@@H](C)C(=O)OC.[Zn]. The van der Waals surface area contributed by atoms with Crippen LogP contribution in [-0.4, -0.2) is 13.1 Å². The molecule has 0 aromatic rings. The second-order valence-corrected chi connectivity index (χ2v) is 1.42. The third-order valence-corrected chi connectivity index (χ3v) is 0.604. The van der Waals surface area contributed by atoms with E-state index in [0.29, 0.717) is 0 Å². The molecule has 0 saturated carbocycles. The number of esters is 1. The summed E-state index contributed by atoms with van der Waals surface area (Å²) in [7, 11) is 1.35. The van der Waals surface area contributed by atoms with Gasteiger partial charge in [0.05, 0.1) is 7.11 Å². The second kappa shape index (κ2) is 5.23. The Balaban J connectivity index is 0. The van der Waals surface area contributed by atoms with Crippen LogP contribution in [-0.2, 0) is 29.0 Å². The maximum Gasteiger partial charge on any atom is 0.277 e. The summed E-state index contributed by atoms with van der Waals surface area (Å²) >= 11 is 0. The van der Waals surface area contributed by atoms with Gasteiger partial charge in [-0.1, -0.05) is 12.8 Å². The van der Waals surface area contributed by atoms with Gasteiger partial charge >= 0.3 is 0 Å². The molecule has 0 aromatic heterocycles. The van der Waals surface area contributed by atoms with Gasteiger partial charge in [0.1, 0.15) is 0 Å². The fourth-order valence-electron chi connectivity index (χ4n) is 0.201. The van der Waals surface area contributed by atoms with Crippen molar-refractivity contribution < 1.29 is 29.0 Å². The van der Waals surface area contributed by atoms with Gasteiger partial charge in [-0.2, -0.15) is 0 Å². The van der Waals surface area contributed by atoms with Crippen LogP contribution < -0.4 is 0 Å². The fraction of sp³-hybridized carbons (Fsp3) is 0.600. The Morgan fingerprint density at radius 1 is 1.75 bits per heavy atom. The summed E-state index contributed by atoms with van der Waals surface area (Å²) in [4.78, 5) is 10.2. The molecular weight excluding hydrogens is 157 g/mol. The molecule has 44 valence electrons. The van der Waals surface area contributed by atoms with Gasteiger partial charge in [-0.15, -0.1) is 0 Å². The summed E-state index contributed by atoms with van der Waals surface area (Å²) in [6.07, 6.45) is 0. The van der Waals surface area contributed by atoms with Crippen LogP contribution in [0.3, 0.4) is 0 Å². The molecule has 8 heavy (non-hydrogen) atoms. The van der Waals surface area contributed by atoms with Crippen LogP contribution in [0.1, 0.15) is 6.92 Å². The third-order valence-electron chi connectivity index (χ3n) is 0.604. The molecule has 1 atom stereocenters. The van der Waals surface area contributed by atoms with Crippen LogP contribution in [0.4, 0.5) is 0 Å². The molecule has 0 amide bonds. The van der Waals surface area contributed by atoms with Crippen molar-refractivity contribution in [2.75, 3.05) is 7.11 Å². The molecule has 0 bridgehead atoms. The first-order chi connectivity index (χ1) is 3.18. The standard InChI is InChI=1S/C5H9O2.Zn/c1-4(2)5(6)7-3;/h4H,1H2,2-3H3;/q-1;/t4-;/m0./s1. The van der Waals surface area contributed by atoms with Gasteiger partial charge in [0.15, 0.2) is 0 Å². The molecule has 0 fully saturated rings. The van der Waals surface area contributed by atoms with Gasteiger partial charge in [0.25, 0.3) is 5.97 Å². The second-order valence-electron chi connectivity index (χ2n) is 1.42. The minimum Gasteiger partial charge on any atom is -0.471 e. The van der Waals surface area contributed by atoms with Crippen LogP contribution in [0.5, 0.6) is 0 Å². The van der Waals surface area contributed by atoms with Gasteiger partial charge in [-0.25, -0.2) is 0 Å². The summed E-state index contributed by atoms with van der Waals surface area (Å²) < 4.78 is 4.31. The van der Waals surface area contributed by atoms with Crippen LogP contribution >= 0.6 is 0 Å². The van der Waals surface area contributed by atoms with Crippen LogP contribution in [0.2, 0.25) is 0 Å². The molecule has 0 N–H and O–H groups in total. The number of rotatable bonds is 1. The number of carbonyl (C=O) groups is 1. The number of methoxy groups -OCH3 is 1. The smallest absolute Gasteiger partial charge is 0.277 e. The summed E-state index contributed by atoms with van der Waals surface area (Å²) in [5.41, 5.74) is 0. The number of ether oxygens (including phenoxy) is 1. The maximum atomic E-state index is 10.2. The molecule has 0 radical (unpaired) electrons. The van der Waals surface area contributed by atoms with Crippen molar-refractivity contribution >= 4 is 5.97 Å². The molecule has 0 aliphatic rings. The summed E-state index contributed by atoms with van der Waals surface area (Å²) in [6, 6.07) is 0. The minimum atomic E-state index is -0.264. The van der Waals surface area contributed by atoms with Crippen molar-refractivity contribution in [3.05, 3.63) is 6.92 Å². The molecule has 0 heterocycles. The molecule has 2 nitrogen and oxygen atoms in total. The van der Waals surface area contributed by atoms with E-state index < -0.39 is 0 Å². The van der Waals surface area contributed by atoms with Crippen molar-refractivity contribution in [1.29, 1.82) is 0 Å². The molecule has 0 spiro atoms. The van der Waals surface area contributed by atoms with Crippen LogP contribution in [0, 0.1) is 12.8 Å².